The molecule has 0 radical (unpaired) electrons. The lowest BCUT2D eigenvalue weighted by atomic mass is 10.3. The summed E-state index contributed by atoms with van der Waals surface area (Å²) in [6.07, 6.45) is 4.43. The molecule has 9 heteroatoms. The van der Waals surface area contributed by atoms with Crippen molar-refractivity contribution in [3.8, 4) is 5.75 Å². The largest absolute Gasteiger partial charge is 0.491 e. The first-order valence-electron chi connectivity index (χ1n) is 11.2. The second-order valence-corrected chi connectivity index (χ2v) is 7.88. The third-order valence-corrected chi connectivity index (χ3v) is 4.45. The third kappa shape index (κ3) is 13.7. The van der Waals surface area contributed by atoms with Crippen molar-refractivity contribution in [2.45, 2.75) is 58.1 Å². The predicted molar refractivity (Wildman–Crippen MR) is 139 cm³/mol. The molecule has 182 valence electrons. The van der Waals surface area contributed by atoms with Gasteiger partial charge in [-0.2, -0.15) is 0 Å². The average molecular weight is 562 g/mol. The molecule has 0 unspecified atom stereocenters. The minimum absolute atomic E-state index is 0. The lowest BCUT2D eigenvalue weighted by Gasteiger charge is -2.14. The summed E-state index contributed by atoms with van der Waals surface area (Å²) in [5.41, 5.74) is 0.921. The smallest absolute Gasteiger partial charge is 0.220 e. The van der Waals surface area contributed by atoms with Crippen molar-refractivity contribution >= 4 is 41.5 Å². The van der Waals surface area contributed by atoms with Crippen LogP contribution in [0.5, 0.6) is 5.75 Å². The number of hydrogen-bond donors (Lipinski definition) is 3. The lowest BCUT2D eigenvalue weighted by Crippen LogP contribution is -2.32. The van der Waals surface area contributed by atoms with Crippen molar-refractivity contribution in [2.24, 2.45) is 4.99 Å². The molecule has 3 N–H and O–H groups in total. The normalized spacial score (nSPS) is 13.4. The van der Waals surface area contributed by atoms with E-state index in [1.807, 2.05) is 38.1 Å². The Labute approximate surface area is 209 Å². The number of nitrogens with zero attached hydrogens (tertiary/aromatic N) is 1. The van der Waals surface area contributed by atoms with Crippen LogP contribution in [0, 0.1) is 0 Å². The molecule has 8 nitrogen and oxygen atoms in total. The average Bonchev–Trinajstić information content (AvgIpc) is 3.55. The first-order valence-corrected chi connectivity index (χ1v) is 11.2. The van der Waals surface area contributed by atoms with Gasteiger partial charge in [0.15, 0.2) is 5.96 Å². The van der Waals surface area contributed by atoms with Crippen molar-refractivity contribution in [2.75, 3.05) is 45.3 Å². The van der Waals surface area contributed by atoms with Crippen LogP contribution in [0.2, 0.25) is 0 Å². The van der Waals surface area contributed by atoms with E-state index in [0.717, 1.165) is 37.2 Å². The summed E-state index contributed by atoms with van der Waals surface area (Å²) >= 11 is 0. The van der Waals surface area contributed by atoms with E-state index in [2.05, 4.69) is 20.9 Å². The number of halogens is 1. The highest BCUT2D eigenvalue weighted by molar-refractivity contribution is 14.0. The molecular weight excluding hydrogens is 523 g/mol. The third-order valence-electron chi connectivity index (χ3n) is 4.45. The van der Waals surface area contributed by atoms with Gasteiger partial charge in [0.25, 0.3) is 0 Å². The van der Waals surface area contributed by atoms with E-state index in [0.29, 0.717) is 51.2 Å². The number of nitrogens with one attached hydrogen (secondary N) is 3. The summed E-state index contributed by atoms with van der Waals surface area (Å²) in [4.78, 5) is 16.5. The molecule has 2 rings (SSSR count). The molecule has 0 bridgehead atoms. The van der Waals surface area contributed by atoms with Crippen molar-refractivity contribution in [3.63, 3.8) is 0 Å². The van der Waals surface area contributed by atoms with E-state index < -0.39 is 0 Å². The van der Waals surface area contributed by atoms with Gasteiger partial charge in [-0.25, -0.2) is 0 Å². The topological polar surface area (TPSA) is 93.2 Å². The summed E-state index contributed by atoms with van der Waals surface area (Å²) in [7, 11) is 1.66. The minimum atomic E-state index is 0. The van der Waals surface area contributed by atoms with Gasteiger partial charge >= 0.3 is 0 Å². The molecule has 1 saturated carbocycles. The first-order chi connectivity index (χ1) is 15.1. The Morgan fingerprint density at radius 2 is 1.88 bits per heavy atom. The van der Waals surface area contributed by atoms with E-state index >= 15 is 0 Å². The number of anilines is 1. The molecule has 1 aliphatic carbocycles. The van der Waals surface area contributed by atoms with Gasteiger partial charge in [-0.1, -0.05) is 0 Å². The van der Waals surface area contributed by atoms with Gasteiger partial charge in [-0.05, 0) is 63.8 Å². The molecule has 32 heavy (non-hydrogen) atoms. The van der Waals surface area contributed by atoms with Crippen LogP contribution in [-0.2, 0) is 14.3 Å². The van der Waals surface area contributed by atoms with Crippen LogP contribution in [0.1, 0.15) is 46.0 Å². The SMILES string of the molecule is COCCOCCCNC(=NCCCC(=O)NC1CC1)Nc1ccc(OC(C)C)cc1.I. The van der Waals surface area contributed by atoms with E-state index in [4.69, 9.17) is 14.2 Å². The van der Waals surface area contributed by atoms with Crippen LogP contribution < -0.4 is 20.7 Å². The Hall–Kier alpha value is -1.59. The van der Waals surface area contributed by atoms with E-state index in [9.17, 15) is 4.79 Å². The zero-order valence-electron chi connectivity index (χ0n) is 19.5. The van der Waals surface area contributed by atoms with E-state index in [1.165, 1.54) is 0 Å². The molecule has 0 aromatic heterocycles. The Bertz CT molecular complexity index is 666. The van der Waals surface area contributed by atoms with Crippen LogP contribution in [0.25, 0.3) is 0 Å². The van der Waals surface area contributed by atoms with Crippen molar-refractivity contribution < 1.29 is 19.0 Å². The number of carbonyl (C=O) groups excluding carboxylic acids is 1. The standard InChI is InChI=1S/C23H38N4O4.HI/c1-18(2)31-21-11-9-20(10-12-21)27-23(25-14-5-15-30-17-16-29-3)24-13-4-6-22(28)26-19-7-8-19;/h9-12,18-19H,4-8,13-17H2,1-3H3,(H,26,28)(H2,24,25,27);1H. The summed E-state index contributed by atoms with van der Waals surface area (Å²) < 4.78 is 16.2. The fraction of sp³-hybridized carbons (Fsp3) is 0.652. The van der Waals surface area contributed by atoms with Gasteiger partial charge in [-0.3, -0.25) is 9.79 Å². The number of rotatable bonds is 15. The molecule has 0 aliphatic heterocycles. The number of ether oxygens (including phenoxy) is 3. The van der Waals surface area contributed by atoms with Gasteiger partial charge in [0.1, 0.15) is 5.75 Å². The molecule has 0 saturated heterocycles. The first kappa shape index (κ1) is 28.4. The molecule has 1 amide bonds. The Morgan fingerprint density at radius 1 is 1.12 bits per heavy atom. The summed E-state index contributed by atoms with van der Waals surface area (Å²) in [6.45, 7) is 7.18. The Morgan fingerprint density at radius 3 is 2.53 bits per heavy atom. The Kier molecular flexibility index (Phi) is 15.1. The van der Waals surface area contributed by atoms with Crippen LogP contribution in [0.4, 0.5) is 5.69 Å². The summed E-state index contributed by atoms with van der Waals surface area (Å²) in [5.74, 6) is 1.65. The number of methoxy groups -OCH3 is 1. The maximum atomic E-state index is 11.8. The number of carbonyl (C=O) groups is 1. The molecular formula is C23H39IN4O4. The van der Waals surface area contributed by atoms with Crippen LogP contribution in [0.15, 0.2) is 29.3 Å². The number of aliphatic imine (C=N–C) groups is 1. The van der Waals surface area contributed by atoms with Crippen molar-refractivity contribution in [1.82, 2.24) is 10.6 Å². The van der Waals surface area contributed by atoms with Gasteiger partial charge < -0.3 is 30.2 Å². The van der Waals surface area contributed by atoms with Crippen LogP contribution in [0.3, 0.4) is 0 Å². The number of benzene rings is 1. The van der Waals surface area contributed by atoms with Crippen LogP contribution >= 0.6 is 24.0 Å². The van der Waals surface area contributed by atoms with Crippen molar-refractivity contribution in [3.05, 3.63) is 24.3 Å². The zero-order chi connectivity index (χ0) is 22.3. The summed E-state index contributed by atoms with van der Waals surface area (Å²) in [6, 6.07) is 8.21. The van der Waals surface area contributed by atoms with Crippen LogP contribution in [-0.4, -0.2) is 64.0 Å². The maximum Gasteiger partial charge on any atom is 0.220 e. The fourth-order valence-corrected chi connectivity index (χ4v) is 2.75. The quantitative estimate of drug-likeness (QED) is 0.131. The highest BCUT2D eigenvalue weighted by Gasteiger charge is 2.22. The van der Waals surface area contributed by atoms with E-state index in [-0.39, 0.29) is 36.0 Å². The highest BCUT2D eigenvalue weighted by atomic mass is 127. The fourth-order valence-electron chi connectivity index (χ4n) is 2.75. The van der Waals surface area contributed by atoms with Gasteiger partial charge in [-0.15, -0.1) is 24.0 Å². The monoisotopic (exact) mass is 562 g/mol. The van der Waals surface area contributed by atoms with Gasteiger partial charge in [0.2, 0.25) is 5.91 Å². The summed E-state index contributed by atoms with van der Waals surface area (Å²) in [5, 5.41) is 9.67. The molecule has 0 heterocycles. The molecule has 0 atom stereocenters. The maximum absolute atomic E-state index is 11.8. The Balaban J connectivity index is 0.00000512. The molecule has 0 spiro atoms. The lowest BCUT2D eigenvalue weighted by molar-refractivity contribution is -0.121. The van der Waals surface area contributed by atoms with Gasteiger partial charge in [0.05, 0.1) is 19.3 Å². The molecule has 1 aliphatic rings. The van der Waals surface area contributed by atoms with E-state index in [1.54, 1.807) is 7.11 Å². The van der Waals surface area contributed by atoms with Gasteiger partial charge in [0, 0.05) is 45.0 Å². The van der Waals surface area contributed by atoms with Crippen molar-refractivity contribution in [1.29, 1.82) is 0 Å². The number of guanidine groups is 1. The molecule has 1 aromatic rings. The number of hydrogen-bond acceptors (Lipinski definition) is 5. The minimum Gasteiger partial charge on any atom is -0.491 e. The second-order valence-electron chi connectivity index (χ2n) is 7.88. The zero-order valence-corrected chi connectivity index (χ0v) is 21.9. The number of amides is 1. The molecule has 1 aromatic carbocycles. The highest BCUT2D eigenvalue weighted by Crippen LogP contribution is 2.19. The second kappa shape index (κ2) is 17.0. The molecule has 1 fully saturated rings. The predicted octanol–water partition coefficient (Wildman–Crippen LogP) is 3.56.